The molecule has 17 heavy (non-hydrogen) atoms. The molecular weight excluding hydrogens is 212 g/mol. The smallest absolute Gasteiger partial charge is 0.134 e. The van der Waals surface area contributed by atoms with Gasteiger partial charge >= 0.3 is 0 Å². The lowest BCUT2D eigenvalue weighted by atomic mass is 9.86. The van der Waals surface area contributed by atoms with E-state index in [9.17, 15) is 5.11 Å². The molecule has 94 valence electrons. The molecule has 1 aliphatic carbocycles. The van der Waals surface area contributed by atoms with Crippen molar-refractivity contribution in [1.29, 1.82) is 0 Å². The van der Waals surface area contributed by atoms with Gasteiger partial charge in [0, 0.05) is 24.8 Å². The van der Waals surface area contributed by atoms with Crippen molar-refractivity contribution in [3.05, 3.63) is 23.9 Å². The molecule has 1 saturated carbocycles. The standard InChI is InChI=1S/C14H22N2O/c1-11-5-3-7-13(9-11)16(2)14-12(10-17)6-4-8-15-14/h4,6,8,11,13,17H,3,5,7,9-10H2,1-2H3. The van der Waals surface area contributed by atoms with Crippen LogP contribution in [0, 0.1) is 5.92 Å². The van der Waals surface area contributed by atoms with Crippen LogP contribution in [-0.2, 0) is 6.61 Å². The monoisotopic (exact) mass is 234 g/mol. The highest BCUT2D eigenvalue weighted by molar-refractivity contribution is 5.46. The van der Waals surface area contributed by atoms with E-state index in [2.05, 4.69) is 23.9 Å². The summed E-state index contributed by atoms with van der Waals surface area (Å²) in [6.45, 7) is 2.39. The minimum atomic E-state index is 0.0653. The number of aliphatic hydroxyl groups excluding tert-OH is 1. The number of aromatic nitrogens is 1. The molecule has 3 heteroatoms. The first kappa shape index (κ1) is 12.4. The summed E-state index contributed by atoms with van der Waals surface area (Å²) in [5, 5.41) is 9.35. The van der Waals surface area contributed by atoms with Gasteiger partial charge in [0.1, 0.15) is 5.82 Å². The number of pyridine rings is 1. The van der Waals surface area contributed by atoms with E-state index in [1.165, 1.54) is 25.7 Å². The van der Waals surface area contributed by atoms with Gasteiger partial charge in [-0.2, -0.15) is 0 Å². The number of anilines is 1. The molecule has 0 saturated heterocycles. The third-order valence-electron chi connectivity index (χ3n) is 3.83. The van der Waals surface area contributed by atoms with Crippen LogP contribution in [-0.4, -0.2) is 23.2 Å². The molecule has 1 aliphatic rings. The minimum absolute atomic E-state index is 0.0653. The van der Waals surface area contributed by atoms with Crippen LogP contribution in [0.3, 0.4) is 0 Å². The van der Waals surface area contributed by atoms with E-state index >= 15 is 0 Å². The molecule has 0 radical (unpaired) electrons. The Morgan fingerprint density at radius 3 is 3.00 bits per heavy atom. The lowest BCUT2D eigenvalue weighted by molar-refractivity contribution is 0.280. The van der Waals surface area contributed by atoms with Crippen molar-refractivity contribution < 1.29 is 5.11 Å². The van der Waals surface area contributed by atoms with E-state index < -0.39 is 0 Å². The molecule has 2 rings (SSSR count). The minimum Gasteiger partial charge on any atom is -0.392 e. The molecule has 3 nitrogen and oxygen atoms in total. The Labute approximate surface area is 103 Å². The molecule has 1 aromatic rings. The van der Waals surface area contributed by atoms with E-state index in [0.29, 0.717) is 6.04 Å². The first-order chi connectivity index (χ1) is 8.22. The zero-order valence-electron chi connectivity index (χ0n) is 10.8. The van der Waals surface area contributed by atoms with Crippen molar-refractivity contribution in [2.24, 2.45) is 5.92 Å². The van der Waals surface area contributed by atoms with Gasteiger partial charge in [0.15, 0.2) is 0 Å². The lowest BCUT2D eigenvalue weighted by Crippen LogP contribution is -2.36. The van der Waals surface area contributed by atoms with Crippen molar-refractivity contribution in [2.45, 2.75) is 45.3 Å². The van der Waals surface area contributed by atoms with Crippen molar-refractivity contribution in [3.8, 4) is 0 Å². The van der Waals surface area contributed by atoms with Crippen molar-refractivity contribution in [2.75, 3.05) is 11.9 Å². The largest absolute Gasteiger partial charge is 0.392 e. The average Bonchev–Trinajstić information content (AvgIpc) is 2.38. The normalized spacial score (nSPS) is 24.6. The van der Waals surface area contributed by atoms with Gasteiger partial charge in [0.2, 0.25) is 0 Å². The Bertz CT molecular complexity index is 367. The first-order valence-corrected chi connectivity index (χ1v) is 6.50. The quantitative estimate of drug-likeness (QED) is 0.873. The summed E-state index contributed by atoms with van der Waals surface area (Å²) in [6, 6.07) is 4.40. The summed E-state index contributed by atoms with van der Waals surface area (Å²) in [6.07, 6.45) is 6.92. The number of nitrogens with zero attached hydrogens (tertiary/aromatic N) is 2. The predicted molar refractivity (Wildman–Crippen MR) is 70.0 cm³/mol. The van der Waals surface area contributed by atoms with Crippen molar-refractivity contribution >= 4 is 5.82 Å². The van der Waals surface area contributed by atoms with Gasteiger partial charge in [-0.25, -0.2) is 4.98 Å². The second kappa shape index (κ2) is 5.50. The fourth-order valence-electron chi connectivity index (χ4n) is 2.80. The van der Waals surface area contributed by atoms with Crippen molar-refractivity contribution in [1.82, 2.24) is 4.98 Å². The first-order valence-electron chi connectivity index (χ1n) is 6.50. The summed E-state index contributed by atoms with van der Waals surface area (Å²) in [4.78, 5) is 6.67. The van der Waals surface area contributed by atoms with Crippen LogP contribution in [0.1, 0.15) is 38.2 Å². The van der Waals surface area contributed by atoms with Gasteiger partial charge in [-0.15, -0.1) is 0 Å². The third-order valence-corrected chi connectivity index (χ3v) is 3.83. The lowest BCUT2D eigenvalue weighted by Gasteiger charge is -2.35. The average molecular weight is 234 g/mol. The van der Waals surface area contributed by atoms with E-state index in [1.54, 1.807) is 6.20 Å². The van der Waals surface area contributed by atoms with Crippen LogP contribution >= 0.6 is 0 Å². The molecule has 1 aromatic heterocycles. The molecule has 0 amide bonds. The SMILES string of the molecule is CC1CCCC(N(C)c2ncccc2CO)C1. The second-order valence-corrected chi connectivity index (χ2v) is 5.18. The summed E-state index contributed by atoms with van der Waals surface area (Å²) in [5.74, 6) is 1.74. The Balaban J connectivity index is 2.15. The highest BCUT2D eigenvalue weighted by atomic mass is 16.3. The van der Waals surface area contributed by atoms with E-state index in [0.717, 1.165) is 17.3 Å². The van der Waals surface area contributed by atoms with Gasteiger partial charge in [-0.3, -0.25) is 0 Å². The summed E-state index contributed by atoms with van der Waals surface area (Å²) in [7, 11) is 2.10. The van der Waals surface area contributed by atoms with E-state index in [4.69, 9.17) is 0 Å². The molecule has 1 N–H and O–H groups in total. The summed E-state index contributed by atoms with van der Waals surface area (Å²) < 4.78 is 0. The van der Waals surface area contributed by atoms with Gasteiger partial charge in [0.25, 0.3) is 0 Å². The molecule has 1 fully saturated rings. The molecule has 2 atom stereocenters. The van der Waals surface area contributed by atoms with Gasteiger partial charge < -0.3 is 10.0 Å². The Morgan fingerprint density at radius 2 is 2.29 bits per heavy atom. The molecule has 1 heterocycles. The van der Waals surface area contributed by atoms with Crippen LogP contribution in [0.15, 0.2) is 18.3 Å². The fourth-order valence-corrected chi connectivity index (χ4v) is 2.80. The molecular formula is C14H22N2O. The number of hydrogen-bond acceptors (Lipinski definition) is 3. The zero-order valence-corrected chi connectivity index (χ0v) is 10.8. The second-order valence-electron chi connectivity index (χ2n) is 5.18. The van der Waals surface area contributed by atoms with Crippen LogP contribution in [0.2, 0.25) is 0 Å². The van der Waals surface area contributed by atoms with Crippen molar-refractivity contribution in [3.63, 3.8) is 0 Å². The van der Waals surface area contributed by atoms with Crippen LogP contribution in [0.25, 0.3) is 0 Å². The maximum absolute atomic E-state index is 9.35. The molecule has 0 spiro atoms. The fraction of sp³-hybridized carbons (Fsp3) is 0.643. The predicted octanol–water partition coefficient (Wildman–Crippen LogP) is 2.59. The topological polar surface area (TPSA) is 36.4 Å². The number of aliphatic hydroxyl groups is 1. The zero-order chi connectivity index (χ0) is 12.3. The van der Waals surface area contributed by atoms with Gasteiger partial charge in [0.05, 0.1) is 6.61 Å². The van der Waals surface area contributed by atoms with Gasteiger partial charge in [-0.1, -0.05) is 25.8 Å². The van der Waals surface area contributed by atoms with E-state index in [1.807, 2.05) is 12.1 Å². The Hall–Kier alpha value is -1.09. The third kappa shape index (κ3) is 2.78. The van der Waals surface area contributed by atoms with Crippen LogP contribution in [0.5, 0.6) is 0 Å². The summed E-state index contributed by atoms with van der Waals surface area (Å²) in [5.41, 5.74) is 0.924. The summed E-state index contributed by atoms with van der Waals surface area (Å²) >= 11 is 0. The number of hydrogen-bond donors (Lipinski definition) is 1. The van der Waals surface area contributed by atoms with Crippen LogP contribution < -0.4 is 4.90 Å². The molecule has 0 aliphatic heterocycles. The van der Waals surface area contributed by atoms with Gasteiger partial charge in [-0.05, 0) is 24.8 Å². The number of rotatable bonds is 3. The Morgan fingerprint density at radius 1 is 1.47 bits per heavy atom. The highest BCUT2D eigenvalue weighted by Gasteiger charge is 2.24. The molecule has 2 unspecified atom stereocenters. The maximum Gasteiger partial charge on any atom is 0.134 e. The Kier molecular flexibility index (Phi) is 4.00. The highest BCUT2D eigenvalue weighted by Crippen LogP contribution is 2.29. The van der Waals surface area contributed by atoms with Crippen LogP contribution in [0.4, 0.5) is 5.82 Å². The molecule has 0 aromatic carbocycles. The molecule has 0 bridgehead atoms. The van der Waals surface area contributed by atoms with E-state index in [-0.39, 0.29) is 6.61 Å². The maximum atomic E-state index is 9.35.